The van der Waals surface area contributed by atoms with E-state index in [2.05, 4.69) is 25.7 Å². The van der Waals surface area contributed by atoms with E-state index in [1.54, 1.807) is 6.07 Å². The molecule has 4 rings (SSSR count). The molecule has 7 nitrogen and oxygen atoms in total. The van der Waals surface area contributed by atoms with Crippen molar-refractivity contribution in [2.24, 2.45) is 0 Å². The van der Waals surface area contributed by atoms with Gasteiger partial charge in [-0.15, -0.1) is 10.2 Å². The number of halogens is 1. The van der Waals surface area contributed by atoms with E-state index in [1.807, 2.05) is 42.5 Å². The Morgan fingerprint density at radius 3 is 2.88 bits per heavy atom. The first-order valence-electron chi connectivity index (χ1n) is 7.36. The van der Waals surface area contributed by atoms with Gasteiger partial charge in [-0.25, -0.2) is 4.98 Å². The summed E-state index contributed by atoms with van der Waals surface area (Å²) in [5, 5.41) is 16.0. The number of fused-ring (bicyclic) bond motifs is 1. The highest BCUT2D eigenvalue weighted by atomic mass is 35.5. The molecule has 0 unspecified atom stereocenters. The van der Waals surface area contributed by atoms with E-state index in [0.717, 1.165) is 15.8 Å². The van der Waals surface area contributed by atoms with Crippen LogP contribution in [-0.2, 0) is 11.3 Å². The van der Waals surface area contributed by atoms with Gasteiger partial charge in [-0.3, -0.25) is 4.79 Å². The van der Waals surface area contributed by atoms with Crippen molar-refractivity contribution >= 4 is 44.2 Å². The molecule has 2 aromatic carbocycles. The summed E-state index contributed by atoms with van der Waals surface area (Å²) in [5.74, 6) is 0.199. The normalized spacial score (nSPS) is 10.9. The molecular formula is C16H11ClN6OS. The lowest BCUT2D eigenvalue weighted by Gasteiger charge is -1.99. The van der Waals surface area contributed by atoms with Crippen LogP contribution in [0.15, 0.2) is 48.5 Å². The number of anilines is 1. The Morgan fingerprint density at radius 1 is 1.20 bits per heavy atom. The molecule has 1 N–H and O–H groups in total. The van der Waals surface area contributed by atoms with Gasteiger partial charge in [0.15, 0.2) is 5.13 Å². The van der Waals surface area contributed by atoms with Crippen molar-refractivity contribution in [1.82, 2.24) is 25.2 Å². The third kappa shape index (κ3) is 3.49. The minimum absolute atomic E-state index is 0.0451. The van der Waals surface area contributed by atoms with E-state index in [4.69, 9.17) is 11.6 Å². The lowest BCUT2D eigenvalue weighted by molar-refractivity contribution is -0.117. The molecule has 0 bridgehead atoms. The van der Waals surface area contributed by atoms with Crippen molar-refractivity contribution in [3.05, 3.63) is 53.6 Å². The van der Waals surface area contributed by atoms with Gasteiger partial charge in [0.1, 0.15) is 6.54 Å². The van der Waals surface area contributed by atoms with Gasteiger partial charge in [-0.2, -0.15) is 4.80 Å². The first-order valence-corrected chi connectivity index (χ1v) is 8.56. The fourth-order valence-electron chi connectivity index (χ4n) is 2.25. The van der Waals surface area contributed by atoms with Crippen molar-refractivity contribution < 1.29 is 4.79 Å². The minimum atomic E-state index is -0.276. The number of amides is 1. The number of hydrogen-bond donors (Lipinski definition) is 1. The second-order valence-electron chi connectivity index (χ2n) is 5.19. The van der Waals surface area contributed by atoms with Crippen LogP contribution in [0.25, 0.3) is 21.6 Å². The maximum atomic E-state index is 12.2. The molecule has 0 spiro atoms. The van der Waals surface area contributed by atoms with Crippen LogP contribution in [0.4, 0.5) is 5.13 Å². The van der Waals surface area contributed by atoms with Gasteiger partial charge in [0.25, 0.3) is 0 Å². The van der Waals surface area contributed by atoms with Crippen molar-refractivity contribution in [1.29, 1.82) is 0 Å². The largest absolute Gasteiger partial charge is 0.300 e. The number of carbonyl (C=O) groups is 1. The topological polar surface area (TPSA) is 85.6 Å². The summed E-state index contributed by atoms with van der Waals surface area (Å²) in [6, 6.07) is 14.8. The first-order chi connectivity index (χ1) is 12.2. The van der Waals surface area contributed by atoms with Crippen LogP contribution < -0.4 is 5.32 Å². The van der Waals surface area contributed by atoms with Gasteiger partial charge in [0.2, 0.25) is 11.7 Å². The third-order valence-corrected chi connectivity index (χ3v) is 4.54. The average molecular weight is 371 g/mol. The molecule has 0 radical (unpaired) electrons. The first kappa shape index (κ1) is 15.7. The highest BCUT2D eigenvalue weighted by Crippen LogP contribution is 2.28. The molecule has 0 saturated heterocycles. The molecule has 0 aliphatic heterocycles. The zero-order chi connectivity index (χ0) is 17.2. The molecule has 0 aliphatic rings. The summed E-state index contributed by atoms with van der Waals surface area (Å²) < 4.78 is 0.910. The summed E-state index contributed by atoms with van der Waals surface area (Å²) in [7, 11) is 0. The number of benzene rings is 2. The van der Waals surface area contributed by atoms with E-state index in [1.165, 1.54) is 16.1 Å². The second kappa shape index (κ2) is 6.58. The number of rotatable bonds is 4. The van der Waals surface area contributed by atoms with Crippen LogP contribution in [0.2, 0.25) is 5.02 Å². The predicted octanol–water partition coefficient (Wildman–Crippen LogP) is 3.24. The number of nitrogens with one attached hydrogen (secondary N) is 1. The smallest absolute Gasteiger partial charge is 0.249 e. The molecule has 0 atom stereocenters. The van der Waals surface area contributed by atoms with E-state index in [-0.39, 0.29) is 12.5 Å². The number of carbonyl (C=O) groups excluding carboxylic acids is 1. The van der Waals surface area contributed by atoms with Gasteiger partial charge in [-0.05, 0) is 23.4 Å². The van der Waals surface area contributed by atoms with E-state index in [9.17, 15) is 4.79 Å². The van der Waals surface area contributed by atoms with Crippen LogP contribution in [0.5, 0.6) is 0 Å². The van der Waals surface area contributed by atoms with Crippen LogP contribution in [0, 0.1) is 0 Å². The Hall–Kier alpha value is -2.84. The predicted molar refractivity (Wildman–Crippen MR) is 96.5 cm³/mol. The Balaban J connectivity index is 1.46. The Bertz CT molecular complexity index is 1050. The lowest BCUT2D eigenvalue weighted by Crippen LogP contribution is -2.20. The monoisotopic (exact) mass is 370 g/mol. The van der Waals surface area contributed by atoms with Crippen LogP contribution in [0.3, 0.4) is 0 Å². The molecule has 25 heavy (non-hydrogen) atoms. The van der Waals surface area contributed by atoms with Gasteiger partial charge < -0.3 is 5.32 Å². The molecule has 1 amide bonds. The number of tetrazole rings is 1. The third-order valence-electron chi connectivity index (χ3n) is 3.37. The van der Waals surface area contributed by atoms with Crippen molar-refractivity contribution in [2.75, 3.05) is 5.32 Å². The average Bonchev–Trinajstić information content (AvgIpc) is 3.21. The minimum Gasteiger partial charge on any atom is -0.300 e. The summed E-state index contributed by atoms with van der Waals surface area (Å²) in [4.78, 5) is 17.8. The van der Waals surface area contributed by atoms with E-state index in [0.29, 0.717) is 16.0 Å². The Kier molecular flexibility index (Phi) is 4.12. The second-order valence-corrected chi connectivity index (χ2v) is 6.66. The SMILES string of the molecule is O=C(Cn1nnc(-c2ccccc2)n1)Nc1nc2ccc(Cl)cc2s1. The maximum Gasteiger partial charge on any atom is 0.249 e. The molecular weight excluding hydrogens is 360 g/mol. The fourth-order valence-corrected chi connectivity index (χ4v) is 3.41. The highest BCUT2D eigenvalue weighted by molar-refractivity contribution is 7.22. The van der Waals surface area contributed by atoms with Crippen molar-refractivity contribution in [2.45, 2.75) is 6.54 Å². The summed E-state index contributed by atoms with van der Waals surface area (Å²) in [5.41, 5.74) is 1.63. The Labute approximate surface area is 151 Å². The number of aromatic nitrogens is 5. The molecule has 0 aliphatic carbocycles. The lowest BCUT2D eigenvalue weighted by atomic mass is 10.2. The maximum absolute atomic E-state index is 12.2. The number of nitrogens with zero attached hydrogens (tertiary/aromatic N) is 5. The summed E-state index contributed by atoms with van der Waals surface area (Å²) >= 11 is 7.32. The van der Waals surface area contributed by atoms with Gasteiger partial charge in [0, 0.05) is 10.6 Å². The van der Waals surface area contributed by atoms with Crippen molar-refractivity contribution in [3.63, 3.8) is 0 Å². The zero-order valence-electron chi connectivity index (χ0n) is 12.8. The van der Waals surface area contributed by atoms with Crippen LogP contribution >= 0.6 is 22.9 Å². The summed E-state index contributed by atoms with van der Waals surface area (Å²) in [6.07, 6.45) is 0. The number of hydrogen-bond acceptors (Lipinski definition) is 6. The highest BCUT2D eigenvalue weighted by Gasteiger charge is 2.11. The molecule has 2 aromatic heterocycles. The van der Waals surface area contributed by atoms with Crippen molar-refractivity contribution in [3.8, 4) is 11.4 Å². The number of thiazole rings is 1. The molecule has 0 fully saturated rings. The molecule has 4 aromatic rings. The standard InChI is InChI=1S/C16H11ClN6OS/c17-11-6-7-12-13(8-11)25-16(18-12)19-14(24)9-23-21-15(20-22-23)10-4-2-1-3-5-10/h1-8H,9H2,(H,18,19,24). The molecule has 9 heteroatoms. The van der Waals surface area contributed by atoms with Crippen LogP contribution in [0.1, 0.15) is 0 Å². The molecule has 2 heterocycles. The fraction of sp³-hybridized carbons (Fsp3) is 0.0625. The summed E-state index contributed by atoms with van der Waals surface area (Å²) in [6.45, 7) is -0.0451. The van der Waals surface area contributed by atoms with Crippen LogP contribution in [-0.4, -0.2) is 31.1 Å². The Morgan fingerprint density at radius 2 is 2.04 bits per heavy atom. The molecule has 0 saturated carbocycles. The zero-order valence-corrected chi connectivity index (χ0v) is 14.3. The van der Waals surface area contributed by atoms with Gasteiger partial charge in [0.05, 0.1) is 10.2 Å². The van der Waals surface area contributed by atoms with Gasteiger partial charge in [-0.1, -0.05) is 53.3 Å². The van der Waals surface area contributed by atoms with E-state index < -0.39 is 0 Å². The van der Waals surface area contributed by atoms with E-state index >= 15 is 0 Å². The quantitative estimate of drug-likeness (QED) is 0.596. The molecule has 124 valence electrons. The van der Waals surface area contributed by atoms with Gasteiger partial charge >= 0.3 is 0 Å².